The molecule has 3 N–H and O–H groups in total. The lowest BCUT2D eigenvalue weighted by Crippen LogP contribution is -2.48. The van der Waals surface area contributed by atoms with Gasteiger partial charge >= 0.3 is 0 Å². The van der Waals surface area contributed by atoms with E-state index in [0.717, 1.165) is 32.1 Å². The van der Waals surface area contributed by atoms with Crippen molar-refractivity contribution >= 4 is 17.2 Å². The summed E-state index contributed by atoms with van der Waals surface area (Å²) < 4.78 is 0. The summed E-state index contributed by atoms with van der Waals surface area (Å²) in [5, 5.41) is 5.46. The third-order valence-corrected chi connectivity index (χ3v) is 6.04. The SMILES string of the molecule is NCC1(C(=O)NC2CCCc3sccc32)CCCCC1. The van der Waals surface area contributed by atoms with Gasteiger partial charge in [-0.25, -0.2) is 0 Å². The van der Waals surface area contributed by atoms with E-state index in [-0.39, 0.29) is 17.4 Å². The molecular weight excluding hydrogens is 268 g/mol. The van der Waals surface area contributed by atoms with Gasteiger partial charge in [0, 0.05) is 11.4 Å². The average molecular weight is 292 g/mol. The van der Waals surface area contributed by atoms with Crippen LogP contribution in [-0.4, -0.2) is 12.5 Å². The van der Waals surface area contributed by atoms with Crippen LogP contribution in [0.2, 0.25) is 0 Å². The van der Waals surface area contributed by atoms with E-state index in [1.165, 1.54) is 29.7 Å². The minimum absolute atomic E-state index is 0.198. The molecule has 1 amide bonds. The van der Waals surface area contributed by atoms with Crippen molar-refractivity contribution < 1.29 is 4.79 Å². The molecule has 0 aromatic carbocycles. The first kappa shape index (κ1) is 14.1. The molecule has 1 heterocycles. The monoisotopic (exact) mass is 292 g/mol. The van der Waals surface area contributed by atoms with Gasteiger partial charge in [0.1, 0.15) is 0 Å². The van der Waals surface area contributed by atoms with Gasteiger partial charge in [-0.2, -0.15) is 0 Å². The molecule has 0 saturated heterocycles. The number of fused-ring (bicyclic) bond motifs is 1. The Hall–Kier alpha value is -0.870. The molecule has 2 aliphatic carbocycles. The van der Waals surface area contributed by atoms with Crippen LogP contribution in [-0.2, 0) is 11.2 Å². The maximum Gasteiger partial charge on any atom is 0.227 e. The predicted octanol–water partition coefficient (Wildman–Crippen LogP) is 3.15. The van der Waals surface area contributed by atoms with E-state index in [9.17, 15) is 4.79 Å². The van der Waals surface area contributed by atoms with Crippen molar-refractivity contribution in [3.63, 3.8) is 0 Å². The highest BCUT2D eigenvalue weighted by atomic mass is 32.1. The summed E-state index contributed by atoms with van der Waals surface area (Å²) in [7, 11) is 0. The van der Waals surface area contributed by atoms with Gasteiger partial charge in [0.2, 0.25) is 5.91 Å². The Morgan fingerprint density at radius 3 is 2.90 bits per heavy atom. The Balaban J connectivity index is 1.73. The van der Waals surface area contributed by atoms with E-state index >= 15 is 0 Å². The van der Waals surface area contributed by atoms with Crippen LogP contribution in [0.4, 0.5) is 0 Å². The first-order chi connectivity index (χ1) is 9.75. The Bertz CT molecular complexity index is 477. The van der Waals surface area contributed by atoms with Crippen molar-refractivity contribution in [3.8, 4) is 0 Å². The van der Waals surface area contributed by atoms with E-state index in [4.69, 9.17) is 5.73 Å². The predicted molar refractivity (Wildman–Crippen MR) is 82.7 cm³/mol. The van der Waals surface area contributed by atoms with Crippen LogP contribution in [0.3, 0.4) is 0 Å². The lowest BCUT2D eigenvalue weighted by atomic mass is 9.73. The van der Waals surface area contributed by atoms with Crippen molar-refractivity contribution in [1.82, 2.24) is 5.32 Å². The molecule has 1 fully saturated rings. The zero-order valence-electron chi connectivity index (χ0n) is 12.0. The van der Waals surface area contributed by atoms with Crippen LogP contribution in [0.15, 0.2) is 11.4 Å². The second-order valence-corrected chi connectivity index (χ2v) is 7.26. The summed E-state index contributed by atoms with van der Waals surface area (Å²) in [4.78, 5) is 14.2. The first-order valence-electron chi connectivity index (χ1n) is 7.82. The maximum absolute atomic E-state index is 12.8. The maximum atomic E-state index is 12.8. The topological polar surface area (TPSA) is 55.1 Å². The van der Waals surface area contributed by atoms with Gasteiger partial charge in [-0.05, 0) is 49.1 Å². The summed E-state index contributed by atoms with van der Waals surface area (Å²) in [6.45, 7) is 0.488. The summed E-state index contributed by atoms with van der Waals surface area (Å²) in [6.07, 6.45) is 8.84. The van der Waals surface area contributed by atoms with Crippen molar-refractivity contribution in [3.05, 3.63) is 21.9 Å². The molecule has 2 aliphatic rings. The summed E-state index contributed by atoms with van der Waals surface area (Å²) in [5.41, 5.74) is 7.01. The molecule has 1 unspecified atom stereocenters. The fourth-order valence-electron chi connectivity index (χ4n) is 3.70. The van der Waals surface area contributed by atoms with E-state index < -0.39 is 0 Å². The van der Waals surface area contributed by atoms with Crippen molar-refractivity contribution in [2.75, 3.05) is 6.54 Å². The number of hydrogen-bond acceptors (Lipinski definition) is 3. The number of carbonyl (C=O) groups is 1. The van der Waals surface area contributed by atoms with Gasteiger partial charge in [-0.15, -0.1) is 11.3 Å². The van der Waals surface area contributed by atoms with Crippen molar-refractivity contribution in [1.29, 1.82) is 0 Å². The number of nitrogens with one attached hydrogen (secondary N) is 1. The molecule has 1 saturated carbocycles. The highest BCUT2D eigenvalue weighted by Crippen LogP contribution is 2.38. The standard InChI is InChI=1S/C16H24N2OS/c17-11-16(8-2-1-3-9-16)15(19)18-13-5-4-6-14-12(13)7-10-20-14/h7,10,13H,1-6,8-9,11,17H2,(H,18,19). The minimum Gasteiger partial charge on any atom is -0.349 e. The third kappa shape index (κ3) is 2.51. The lowest BCUT2D eigenvalue weighted by Gasteiger charge is -2.36. The van der Waals surface area contributed by atoms with Gasteiger partial charge in [0.15, 0.2) is 0 Å². The zero-order chi connectivity index (χ0) is 14.0. The summed E-state index contributed by atoms with van der Waals surface area (Å²) in [6, 6.07) is 2.39. The van der Waals surface area contributed by atoms with Crippen LogP contribution >= 0.6 is 11.3 Å². The molecule has 0 radical (unpaired) electrons. The molecular formula is C16H24N2OS. The van der Waals surface area contributed by atoms with Gasteiger partial charge in [0.05, 0.1) is 11.5 Å². The highest BCUT2D eigenvalue weighted by Gasteiger charge is 2.39. The number of thiophene rings is 1. The van der Waals surface area contributed by atoms with Gasteiger partial charge in [-0.1, -0.05) is 19.3 Å². The Morgan fingerprint density at radius 2 is 2.15 bits per heavy atom. The second kappa shape index (κ2) is 5.86. The largest absolute Gasteiger partial charge is 0.349 e. The van der Waals surface area contributed by atoms with Crippen molar-refractivity contribution in [2.24, 2.45) is 11.1 Å². The quantitative estimate of drug-likeness (QED) is 0.899. The summed E-state index contributed by atoms with van der Waals surface area (Å²) >= 11 is 1.82. The number of aryl methyl sites for hydroxylation is 1. The lowest BCUT2D eigenvalue weighted by molar-refractivity contribution is -0.133. The van der Waals surface area contributed by atoms with Crippen LogP contribution in [0, 0.1) is 5.41 Å². The van der Waals surface area contributed by atoms with Crippen LogP contribution in [0.1, 0.15) is 61.4 Å². The number of carbonyl (C=O) groups excluding carboxylic acids is 1. The van der Waals surface area contributed by atoms with Gasteiger partial charge in [-0.3, -0.25) is 4.79 Å². The molecule has 0 aliphatic heterocycles. The number of hydrogen-bond donors (Lipinski definition) is 2. The smallest absolute Gasteiger partial charge is 0.227 e. The molecule has 0 bridgehead atoms. The molecule has 1 aromatic rings. The van der Waals surface area contributed by atoms with Crippen molar-refractivity contribution in [2.45, 2.75) is 57.4 Å². The van der Waals surface area contributed by atoms with E-state index in [1.54, 1.807) is 0 Å². The number of rotatable bonds is 3. The van der Waals surface area contributed by atoms with Gasteiger partial charge in [0.25, 0.3) is 0 Å². The second-order valence-electron chi connectivity index (χ2n) is 6.26. The Kier molecular flexibility index (Phi) is 4.13. The average Bonchev–Trinajstić information content (AvgIpc) is 2.97. The first-order valence-corrected chi connectivity index (χ1v) is 8.70. The summed E-state index contributed by atoms with van der Waals surface area (Å²) in [5.74, 6) is 0.198. The van der Waals surface area contributed by atoms with Crippen LogP contribution in [0.5, 0.6) is 0 Å². The Labute approximate surface area is 124 Å². The van der Waals surface area contributed by atoms with Gasteiger partial charge < -0.3 is 11.1 Å². The fourth-order valence-corrected chi connectivity index (χ4v) is 4.69. The molecule has 3 nitrogen and oxygen atoms in total. The molecule has 3 rings (SSSR count). The normalized spacial score (nSPS) is 24.9. The molecule has 110 valence electrons. The van der Waals surface area contributed by atoms with E-state index in [0.29, 0.717) is 6.54 Å². The number of nitrogens with two attached hydrogens (primary N) is 1. The van der Waals surface area contributed by atoms with E-state index in [1.807, 2.05) is 11.3 Å². The fraction of sp³-hybridized carbons (Fsp3) is 0.688. The molecule has 0 spiro atoms. The minimum atomic E-state index is -0.300. The molecule has 4 heteroatoms. The van der Waals surface area contributed by atoms with Crippen LogP contribution in [0.25, 0.3) is 0 Å². The van der Waals surface area contributed by atoms with E-state index in [2.05, 4.69) is 16.8 Å². The number of amides is 1. The molecule has 1 aromatic heterocycles. The third-order valence-electron chi connectivity index (χ3n) is 5.04. The van der Waals surface area contributed by atoms with Crippen LogP contribution < -0.4 is 11.1 Å². The molecule has 1 atom stereocenters. The highest BCUT2D eigenvalue weighted by molar-refractivity contribution is 7.10. The Morgan fingerprint density at radius 1 is 1.35 bits per heavy atom. The zero-order valence-corrected chi connectivity index (χ0v) is 12.8. The molecule has 20 heavy (non-hydrogen) atoms.